The molecule has 0 aliphatic carbocycles. The zero-order valence-electron chi connectivity index (χ0n) is 23.9. The lowest BCUT2D eigenvalue weighted by Crippen LogP contribution is -2.37. The molecule has 0 aliphatic rings. The van der Waals surface area contributed by atoms with Gasteiger partial charge in [0.15, 0.2) is 0 Å². The average molecular weight is 476 g/mol. The normalized spacial score (nSPS) is 11.5. The van der Waals surface area contributed by atoms with Gasteiger partial charge in [0.05, 0.1) is 13.1 Å². The molecule has 0 unspecified atom stereocenters. The van der Waals surface area contributed by atoms with Crippen LogP contribution in [0.25, 0.3) is 0 Å². The van der Waals surface area contributed by atoms with E-state index in [1.165, 1.54) is 167 Å². The summed E-state index contributed by atoms with van der Waals surface area (Å²) in [6, 6.07) is 0. The van der Waals surface area contributed by atoms with Gasteiger partial charge in [-0.25, -0.2) is 9.13 Å². The van der Waals surface area contributed by atoms with E-state index in [9.17, 15) is 0 Å². The average Bonchev–Trinajstić information content (AvgIpc) is 3.23. The summed E-state index contributed by atoms with van der Waals surface area (Å²) in [6.45, 7) is 9.37. The second-order valence-electron chi connectivity index (χ2n) is 10.9. The van der Waals surface area contributed by atoms with E-state index in [0.717, 1.165) is 0 Å². The number of nitrogens with zero attached hydrogens (tertiary/aromatic N) is 2. The second-order valence-corrected chi connectivity index (χ2v) is 10.9. The van der Waals surface area contributed by atoms with Crippen molar-refractivity contribution < 1.29 is 4.57 Å². The molecule has 2 heteroatoms. The smallest absolute Gasteiger partial charge is 0.234 e. The largest absolute Gasteiger partial charge is 0.256 e. The third kappa shape index (κ3) is 16.8. The van der Waals surface area contributed by atoms with Crippen molar-refractivity contribution in [3.05, 3.63) is 18.2 Å². The molecule has 0 amide bonds. The van der Waals surface area contributed by atoms with Crippen LogP contribution in [-0.4, -0.2) is 4.57 Å². The number of hydrogen-bond acceptors (Lipinski definition) is 0. The molecule has 0 fully saturated rings. The molecule has 1 rings (SSSR count). The predicted octanol–water partition coefficient (Wildman–Crippen LogP) is 10.4. The first-order valence-corrected chi connectivity index (χ1v) is 15.9. The van der Waals surface area contributed by atoms with Gasteiger partial charge in [-0.3, -0.25) is 0 Å². The summed E-state index contributed by atoms with van der Waals surface area (Å²) in [5.41, 5.74) is 0. The van der Waals surface area contributed by atoms with Crippen molar-refractivity contribution in [2.24, 2.45) is 0 Å². The first-order chi connectivity index (χ1) is 16.8. The summed E-state index contributed by atoms with van der Waals surface area (Å²) in [4.78, 5) is 0. The molecule has 2 nitrogen and oxygen atoms in total. The monoisotopic (exact) mass is 475 g/mol. The van der Waals surface area contributed by atoms with Crippen LogP contribution < -0.4 is 4.57 Å². The van der Waals surface area contributed by atoms with Crippen molar-refractivity contribution in [2.45, 2.75) is 188 Å². The lowest BCUT2D eigenvalue weighted by Gasteiger charge is -2.06. The van der Waals surface area contributed by atoms with Gasteiger partial charge in [-0.05, 0) is 32.1 Å². The fourth-order valence-electron chi connectivity index (χ4n) is 5.24. The van der Waals surface area contributed by atoms with E-state index < -0.39 is 0 Å². The molecular formula is C32H63N2+. The highest BCUT2D eigenvalue weighted by Gasteiger charge is 2.16. The Bertz CT molecular complexity index is 533. The minimum absolute atomic E-state index is 1.22. The lowest BCUT2D eigenvalue weighted by atomic mass is 10.0. The zero-order chi connectivity index (χ0) is 24.5. The molecule has 0 atom stereocenters. The van der Waals surface area contributed by atoms with Crippen LogP contribution in [-0.2, 0) is 19.5 Å². The van der Waals surface area contributed by atoms with Crippen molar-refractivity contribution in [1.82, 2.24) is 4.57 Å². The molecule has 0 spiro atoms. The van der Waals surface area contributed by atoms with Gasteiger partial charge in [-0.1, -0.05) is 136 Å². The van der Waals surface area contributed by atoms with Crippen molar-refractivity contribution >= 4 is 0 Å². The van der Waals surface area contributed by atoms with Gasteiger partial charge in [0, 0.05) is 6.42 Å². The highest BCUT2D eigenvalue weighted by molar-refractivity contribution is 4.84. The van der Waals surface area contributed by atoms with E-state index in [4.69, 9.17) is 0 Å². The highest BCUT2D eigenvalue weighted by Crippen LogP contribution is 2.14. The Balaban J connectivity index is 2.08. The van der Waals surface area contributed by atoms with E-state index in [2.05, 4.69) is 42.3 Å². The number of hydrogen-bond donors (Lipinski definition) is 0. The summed E-state index contributed by atoms with van der Waals surface area (Å²) < 4.78 is 5.15. The number of unbranched alkanes of at least 4 members (excludes halogenated alkanes) is 20. The first-order valence-electron chi connectivity index (χ1n) is 15.9. The van der Waals surface area contributed by atoms with Gasteiger partial charge in [0.25, 0.3) is 5.82 Å². The van der Waals surface area contributed by atoms with E-state index in [1.54, 1.807) is 5.82 Å². The van der Waals surface area contributed by atoms with Crippen molar-refractivity contribution in [3.8, 4) is 0 Å². The maximum Gasteiger partial charge on any atom is 0.256 e. The second kappa shape index (κ2) is 23.9. The number of aromatic nitrogens is 2. The van der Waals surface area contributed by atoms with Crippen LogP contribution in [0.2, 0.25) is 0 Å². The molecule has 34 heavy (non-hydrogen) atoms. The molecule has 1 heterocycles. The van der Waals surface area contributed by atoms with Gasteiger partial charge < -0.3 is 0 Å². The molecule has 1 aromatic heterocycles. The van der Waals surface area contributed by atoms with Crippen LogP contribution in [0.1, 0.15) is 174 Å². The molecule has 0 aliphatic heterocycles. The Morgan fingerprint density at radius 1 is 0.500 bits per heavy atom. The summed E-state index contributed by atoms with van der Waals surface area (Å²) in [5, 5.41) is 0. The Morgan fingerprint density at radius 2 is 0.912 bits per heavy atom. The molecule has 0 saturated heterocycles. The number of aryl methyl sites for hydroxylation is 2. The van der Waals surface area contributed by atoms with E-state index in [-0.39, 0.29) is 0 Å². The highest BCUT2D eigenvalue weighted by atomic mass is 15.1. The Kier molecular flexibility index (Phi) is 22.0. The maximum absolute atomic E-state index is 2.58. The standard InChI is InChI=1S/C32H63N2/c1-4-7-10-12-14-15-16-17-18-19-20-21-22-24-26-29-34-31-30-33(32(34)27-9-6-3)28-25-23-13-11-8-5-2/h30-31H,4-29H2,1-3H3/q+1. The van der Waals surface area contributed by atoms with Crippen molar-refractivity contribution in [1.29, 1.82) is 0 Å². The maximum atomic E-state index is 2.58. The Morgan fingerprint density at radius 3 is 1.38 bits per heavy atom. The van der Waals surface area contributed by atoms with Crippen LogP contribution in [0.15, 0.2) is 12.4 Å². The number of imidazole rings is 1. The molecule has 200 valence electrons. The number of rotatable bonds is 26. The molecular weight excluding hydrogens is 412 g/mol. The van der Waals surface area contributed by atoms with Crippen LogP contribution in [0.3, 0.4) is 0 Å². The third-order valence-electron chi connectivity index (χ3n) is 7.60. The predicted molar refractivity (Wildman–Crippen MR) is 152 cm³/mol. The topological polar surface area (TPSA) is 8.81 Å². The summed E-state index contributed by atoms with van der Waals surface area (Å²) in [7, 11) is 0. The van der Waals surface area contributed by atoms with Gasteiger partial charge in [-0.2, -0.15) is 0 Å². The minimum Gasteiger partial charge on any atom is -0.234 e. The molecule has 0 radical (unpaired) electrons. The SMILES string of the molecule is CCCCCCCCCCCCCCCCC[n+]1ccn(CCCCCCCC)c1CCCC. The Labute approximate surface area is 215 Å². The van der Waals surface area contributed by atoms with Crippen LogP contribution in [0, 0.1) is 0 Å². The summed E-state index contributed by atoms with van der Waals surface area (Å²) in [6.07, 6.45) is 38.6. The van der Waals surface area contributed by atoms with Crippen LogP contribution in [0.4, 0.5) is 0 Å². The summed E-state index contributed by atoms with van der Waals surface area (Å²) in [5.74, 6) is 1.58. The Hall–Kier alpha value is -0.790. The van der Waals surface area contributed by atoms with Gasteiger partial charge in [0.1, 0.15) is 12.4 Å². The third-order valence-corrected chi connectivity index (χ3v) is 7.60. The van der Waals surface area contributed by atoms with Gasteiger partial charge in [-0.15, -0.1) is 0 Å². The molecule has 0 bridgehead atoms. The van der Waals surface area contributed by atoms with Crippen molar-refractivity contribution in [3.63, 3.8) is 0 Å². The van der Waals surface area contributed by atoms with Gasteiger partial charge in [0.2, 0.25) is 0 Å². The molecule has 0 saturated carbocycles. The van der Waals surface area contributed by atoms with Crippen LogP contribution >= 0.6 is 0 Å². The van der Waals surface area contributed by atoms with Gasteiger partial charge >= 0.3 is 0 Å². The summed E-state index contributed by atoms with van der Waals surface area (Å²) >= 11 is 0. The molecule has 1 aromatic rings. The van der Waals surface area contributed by atoms with Crippen LogP contribution in [0.5, 0.6) is 0 Å². The fraction of sp³-hybridized carbons (Fsp3) is 0.906. The quantitative estimate of drug-likeness (QED) is 0.0930. The van der Waals surface area contributed by atoms with E-state index in [1.807, 2.05) is 0 Å². The fourth-order valence-corrected chi connectivity index (χ4v) is 5.24. The van der Waals surface area contributed by atoms with E-state index >= 15 is 0 Å². The molecule has 0 N–H and O–H groups in total. The lowest BCUT2D eigenvalue weighted by molar-refractivity contribution is -0.704. The zero-order valence-corrected chi connectivity index (χ0v) is 23.9. The minimum atomic E-state index is 1.22. The first kappa shape index (κ1) is 31.2. The molecule has 0 aromatic carbocycles. The van der Waals surface area contributed by atoms with E-state index in [0.29, 0.717) is 0 Å². The van der Waals surface area contributed by atoms with Crippen molar-refractivity contribution in [2.75, 3.05) is 0 Å².